The van der Waals surface area contributed by atoms with Gasteiger partial charge in [-0.15, -0.1) is 0 Å². The number of benzene rings is 1. The van der Waals surface area contributed by atoms with Crippen LogP contribution in [0, 0.1) is 0 Å². The SMILES string of the molecule is CCc1ccc(CCC2OC2C)cc1. The minimum absolute atomic E-state index is 0.505. The molecule has 1 nitrogen and oxygen atoms in total. The molecule has 0 bridgehead atoms. The van der Waals surface area contributed by atoms with Gasteiger partial charge in [-0.3, -0.25) is 0 Å². The summed E-state index contributed by atoms with van der Waals surface area (Å²) in [5.41, 5.74) is 2.86. The summed E-state index contributed by atoms with van der Waals surface area (Å²) in [6, 6.07) is 8.94. The Morgan fingerprint density at radius 1 is 1.14 bits per heavy atom. The summed E-state index contributed by atoms with van der Waals surface area (Å²) in [5, 5.41) is 0. The van der Waals surface area contributed by atoms with Gasteiger partial charge in [0.05, 0.1) is 12.2 Å². The lowest BCUT2D eigenvalue weighted by Crippen LogP contribution is -1.94. The normalized spacial score (nSPS) is 25.0. The van der Waals surface area contributed by atoms with E-state index in [4.69, 9.17) is 4.74 Å². The number of hydrogen-bond donors (Lipinski definition) is 0. The lowest BCUT2D eigenvalue weighted by Gasteiger charge is -2.01. The Morgan fingerprint density at radius 2 is 1.71 bits per heavy atom. The van der Waals surface area contributed by atoms with Gasteiger partial charge in [0.15, 0.2) is 0 Å². The summed E-state index contributed by atoms with van der Waals surface area (Å²) >= 11 is 0. The Kier molecular flexibility index (Phi) is 2.87. The molecule has 1 aliphatic rings. The van der Waals surface area contributed by atoms with Gasteiger partial charge in [0.25, 0.3) is 0 Å². The molecule has 1 heterocycles. The maximum Gasteiger partial charge on any atom is 0.0842 e. The zero-order valence-electron chi connectivity index (χ0n) is 8.99. The molecule has 1 fully saturated rings. The van der Waals surface area contributed by atoms with E-state index in [9.17, 15) is 0 Å². The zero-order valence-corrected chi connectivity index (χ0v) is 8.99. The monoisotopic (exact) mass is 190 g/mol. The highest BCUT2D eigenvalue weighted by Gasteiger charge is 2.32. The molecule has 14 heavy (non-hydrogen) atoms. The van der Waals surface area contributed by atoms with Crippen LogP contribution in [0.3, 0.4) is 0 Å². The van der Waals surface area contributed by atoms with E-state index in [0.29, 0.717) is 12.2 Å². The molecule has 2 rings (SSSR count). The van der Waals surface area contributed by atoms with Crippen LogP contribution in [0.2, 0.25) is 0 Å². The second kappa shape index (κ2) is 4.14. The number of hydrogen-bond acceptors (Lipinski definition) is 1. The van der Waals surface area contributed by atoms with Crippen molar-refractivity contribution in [2.24, 2.45) is 0 Å². The number of epoxide rings is 1. The van der Waals surface area contributed by atoms with Crippen LogP contribution in [0.4, 0.5) is 0 Å². The van der Waals surface area contributed by atoms with Gasteiger partial charge in [-0.2, -0.15) is 0 Å². The fraction of sp³-hybridized carbons (Fsp3) is 0.538. The molecule has 0 spiro atoms. The van der Waals surface area contributed by atoms with Crippen molar-refractivity contribution in [3.63, 3.8) is 0 Å². The van der Waals surface area contributed by atoms with Gasteiger partial charge < -0.3 is 4.74 Å². The van der Waals surface area contributed by atoms with Crippen LogP contribution in [0.15, 0.2) is 24.3 Å². The first-order chi connectivity index (χ1) is 6.79. The van der Waals surface area contributed by atoms with Crippen molar-refractivity contribution in [3.8, 4) is 0 Å². The molecule has 2 atom stereocenters. The van der Waals surface area contributed by atoms with Crippen LogP contribution >= 0.6 is 0 Å². The Morgan fingerprint density at radius 3 is 2.21 bits per heavy atom. The van der Waals surface area contributed by atoms with Crippen LogP contribution in [0.25, 0.3) is 0 Å². The van der Waals surface area contributed by atoms with Crippen LogP contribution in [0.5, 0.6) is 0 Å². The van der Waals surface area contributed by atoms with Crippen molar-refractivity contribution in [1.29, 1.82) is 0 Å². The standard InChI is InChI=1S/C13H18O/c1-3-11-4-6-12(7-5-11)8-9-13-10(2)14-13/h4-7,10,13H,3,8-9H2,1-2H3. The predicted molar refractivity (Wildman–Crippen MR) is 58.5 cm³/mol. The molecule has 1 aromatic rings. The van der Waals surface area contributed by atoms with E-state index in [1.54, 1.807) is 0 Å². The smallest absolute Gasteiger partial charge is 0.0842 e. The van der Waals surface area contributed by atoms with Crippen molar-refractivity contribution in [2.45, 2.75) is 45.3 Å². The Labute approximate surface area is 86.1 Å². The van der Waals surface area contributed by atoms with Gasteiger partial charge in [-0.1, -0.05) is 31.2 Å². The summed E-state index contributed by atoms with van der Waals surface area (Å²) in [6.45, 7) is 4.33. The third kappa shape index (κ3) is 2.36. The molecule has 1 aliphatic heterocycles. The highest BCUT2D eigenvalue weighted by molar-refractivity contribution is 5.22. The number of ether oxygens (including phenoxy) is 1. The molecule has 76 valence electrons. The molecule has 1 saturated heterocycles. The highest BCUT2D eigenvalue weighted by Crippen LogP contribution is 2.25. The van der Waals surface area contributed by atoms with Crippen LogP contribution in [0.1, 0.15) is 31.4 Å². The molecule has 0 aliphatic carbocycles. The second-order valence-electron chi connectivity index (χ2n) is 4.09. The minimum Gasteiger partial charge on any atom is -0.370 e. The van der Waals surface area contributed by atoms with Gasteiger partial charge in [0, 0.05) is 0 Å². The van der Waals surface area contributed by atoms with E-state index < -0.39 is 0 Å². The Hall–Kier alpha value is -0.820. The molecular formula is C13H18O. The van der Waals surface area contributed by atoms with E-state index in [-0.39, 0.29) is 0 Å². The van der Waals surface area contributed by atoms with Gasteiger partial charge in [-0.05, 0) is 37.3 Å². The summed E-state index contributed by atoms with van der Waals surface area (Å²) in [7, 11) is 0. The average molecular weight is 190 g/mol. The van der Waals surface area contributed by atoms with Crippen LogP contribution < -0.4 is 0 Å². The van der Waals surface area contributed by atoms with Crippen LogP contribution in [-0.2, 0) is 17.6 Å². The molecule has 0 saturated carbocycles. The lowest BCUT2D eigenvalue weighted by molar-refractivity contribution is 0.370. The van der Waals surface area contributed by atoms with E-state index in [2.05, 4.69) is 38.1 Å². The van der Waals surface area contributed by atoms with E-state index in [1.807, 2.05) is 0 Å². The van der Waals surface area contributed by atoms with Crippen molar-refractivity contribution in [2.75, 3.05) is 0 Å². The molecule has 0 aromatic heterocycles. The molecular weight excluding hydrogens is 172 g/mol. The first-order valence-electron chi connectivity index (χ1n) is 5.53. The third-order valence-electron chi connectivity index (χ3n) is 2.99. The molecule has 1 heteroatoms. The van der Waals surface area contributed by atoms with Crippen molar-refractivity contribution >= 4 is 0 Å². The molecule has 0 amide bonds. The van der Waals surface area contributed by atoms with Crippen molar-refractivity contribution in [1.82, 2.24) is 0 Å². The second-order valence-corrected chi connectivity index (χ2v) is 4.09. The highest BCUT2D eigenvalue weighted by atomic mass is 16.6. The zero-order chi connectivity index (χ0) is 9.97. The van der Waals surface area contributed by atoms with Crippen LogP contribution in [-0.4, -0.2) is 12.2 Å². The fourth-order valence-electron chi connectivity index (χ4n) is 1.78. The fourth-order valence-corrected chi connectivity index (χ4v) is 1.78. The first kappa shape index (κ1) is 9.72. The molecule has 0 N–H and O–H groups in total. The maximum absolute atomic E-state index is 5.38. The van der Waals surface area contributed by atoms with E-state index in [1.165, 1.54) is 17.5 Å². The topological polar surface area (TPSA) is 12.5 Å². The first-order valence-corrected chi connectivity index (χ1v) is 5.53. The average Bonchev–Trinajstić information content (AvgIpc) is 2.92. The van der Waals surface area contributed by atoms with Gasteiger partial charge in [-0.25, -0.2) is 0 Å². The van der Waals surface area contributed by atoms with Gasteiger partial charge >= 0.3 is 0 Å². The molecule has 0 radical (unpaired) electrons. The summed E-state index contributed by atoms with van der Waals surface area (Å²) in [6.07, 6.45) is 4.49. The Bertz CT molecular complexity index is 289. The van der Waals surface area contributed by atoms with Crippen molar-refractivity contribution in [3.05, 3.63) is 35.4 Å². The Balaban J connectivity index is 1.84. The molecule has 1 aromatic carbocycles. The number of rotatable bonds is 4. The third-order valence-corrected chi connectivity index (χ3v) is 2.99. The van der Waals surface area contributed by atoms with Gasteiger partial charge in [0.1, 0.15) is 0 Å². The summed E-state index contributed by atoms with van der Waals surface area (Å²) < 4.78 is 5.38. The van der Waals surface area contributed by atoms with E-state index >= 15 is 0 Å². The summed E-state index contributed by atoms with van der Waals surface area (Å²) in [4.78, 5) is 0. The molecule has 2 unspecified atom stereocenters. The van der Waals surface area contributed by atoms with Crippen molar-refractivity contribution < 1.29 is 4.74 Å². The number of aryl methyl sites for hydroxylation is 2. The van der Waals surface area contributed by atoms with Gasteiger partial charge in [0.2, 0.25) is 0 Å². The summed E-state index contributed by atoms with van der Waals surface area (Å²) in [5.74, 6) is 0. The largest absolute Gasteiger partial charge is 0.370 e. The predicted octanol–water partition coefficient (Wildman–Crippen LogP) is 2.97. The minimum atomic E-state index is 0.505. The maximum atomic E-state index is 5.38. The quantitative estimate of drug-likeness (QED) is 0.665. The lowest BCUT2D eigenvalue weighted by atomic mass is 10.0. The van der Waals surface area contributed by atoms with E-state index in [0.717, 1.165) is 12.8 Å².